The van der Waals surface area contributed by atoms with Crippen LogP contribution in [-0.2, 0) is 6.54 Å². The monoisotopic (exact) mass is 294 g/mol. The summed E-state index contributed by atoms with van der Waals surface area (Å²) < 4.78 is 1.50. The van der Waals surface area contributed by atoms with Crippen LogP contribution in [-0.4, -0.2) is 32.6 Å². The van der Waals surface area contributed by atoms with Crippen LogP contribution in [0.15, 0.2) is 30.5 Å². The molecule has 1 atom stereocenters. The number of hydrogen-bond donors (Lipinski definition) is 2. The van der Waals surface area contributed by atoms with E-state index in [1.165, 1.54) is 10.9 Å². The van der Waals surface area contributed by atoms with Crippen molar-refractivity contribution in [3.05, 3.63) is 46.7 Å². The maximum Gasteiger partial charge on any atom is 0.358 e. The SMILES string of the molecule is C[C@@H](NCCn1cc(C(=O)O)nn1)c1ccccc1Cl. The van der Waals surface area contributed by atoms with Crippen molar-refractivity contribution in [2.75, 3.05) is 6.54 Å². The molecule has 0 aliphatic heterocycles. The Kier molecular flexibility index (Phi) is 4.70. The Morgan fingerprint density at radius 2 is 2.25 bits per heavy atom. The topological polar surface area (TPSA) is 80.0 Å². The number of hydrogen-bond acceptors (Lipinski definition) is 4. The van der Waals surface area contributed by atoms with Crippen molar-refractivity contribution in [2.45, 2.75) is 19.5 Å². The summed E-state index contributed by atoms with van der Waals surface area (Å²) in [6, 6.07) is 7.76. The molecule has 6 nitrogen and oxygen atoms in total. The van der Waals surface area contributed by atoms with Crippen LogP contribution in [0.5, 0.6) is 0 Å². The van der Waals surface area contributed by atoms with Crippen molar-refractivity contribution in [3.8, 4) is 0 Å². The standard InChI is InChI=1S/C13H15ClN4O2/c1-9(10-4-2-3-5-11(10)14)15-6-7-18-8-12(13(19)20)16-17-18/h2-5,8-9,15H,6-7H2,1H3,(H,19,20)/t9-/m1/s1. The highest BCUT2D eigenvalue weighted by Crippen LogP contribution is 2.21. The summed E-state index contributed by atoms with van der Waals surface area (Å²) in [5, 5.41) is 20.1. The molecule has 0 radical (unpaired) electrons. The third-order valence-corrected chi connectivity index (χ3v) is 3.27. The highest BCUT2D eigenvalue weighted by Gasteiger charge is 2.10. The fourth-order valence-electron chi connectivity index (χ4n) is 1.84. The number of rotatable bonds is 6. The average Bonchev–Trinajstić information content (AvgIpc) is 2.88. The van der Waals surface area contributed by atoms with Crippen molar-refractivity contribution in [1.29, 1.82) is 0 Å². The molecule has 0 amide bonds. The zero-order valence-electron chi connectivity index (χ0n) is 11.0. The first-order chi connectivity index (χ1) is 9.58. The second-order valence-electron chi connectivity index (χ2n) is 4.37. The lowest BCUT2D eigenvalue weighted by Gasteiger charge is -2.15. The van der Waals surface area contributed by atoms with E-state index in [4.69, 9.17) is 16.7 Å². The largest absolute Gasteiger partial charge is 0.476 e. The molecule has 0 spiro atoms. The van der Waals surface area contributed by atoms with E-state index >= 15 is 0 Å². The molecule has 1 heterocycles. The molecule has 1 aromatic heterocycles. The number of nitrogens with one attached hydrogen (secondary N) is 1. The molecule has 0 saturated carbocycles. The summed E-state index contributed by atoms with van der Waals surface area (Å²) in [6.07, 6.45) is 1.41. The summed E-state index contributed by atoms with van der Waals surface area (Å²) >= 11 is 6.12. The van der Waals surface area contributed by atoms with Gasteiger partial charge in [-0.3, -0.25) is 4.68 Å². The number of aromatic carboxylic acids is 1. The van der Waals surface area contributed by atoms with Gasteiger partial charge in [-0.1, -0.05) is 35.0 Å². The quantitative estimate of drug-likeness (QED) is 0.851. The lowest BCUT2D eigenvalue weighted by Crippen LogP contribution is -2.23. The Morgan fingerprint density at radius 1 is 1.50 bits per heavy atom. The summed E-state index contributed by atoms with van der Waals surface area (Å²) in [4.78, 5) is 10.7. The molecule has 2 aromatic rings. The van der Waals surface area contributed by atoms with Gasteiger partial charge in [0, 0.05) is 17.6 Å². The van der Waals surface area contributed by atoms with Crippen LogP contribution in [0.4, 0.5) is 0 Å². The number of benzene rings is 1. The van der Waals surface area contributed by atoms with Gasteiger partial charge in [0.15, 0.2) is 5.69 Å². The van der Waals surface area contributed by atoms with Gasteiger partial charge in [0.25, 0.3) is 0 Å². The molecule has 1 aromatic carbocycles. The fraction of sp³-hybridized carbons (Fsp3) is 0.308. The predicted octanol–water partition coefficient (Wildman–Crippen LogP) is 1.98. The Labute approximate surface area is 121 Å². The Morgan fingerprint density at radius 3 is 2.90 bits per heavy atom. The van der Waals surface area contributed by atoms with Gasteiger partial charge < -0.3 is 10.4 Å². The molecule has 20 heavy (non-hydrogen) atoms. The van der Waals surface area contributed by atoms with Crippen LogP contribution in [0.2, 0.25) is 5.02 Å². The molecule has 7 heteroatoms. The molecule has 0 fully saturated rings. The Bertz CT molecular complexity index is 600. The Hall–Kier alpha value is -1.92. The smallest absolute Gasteiger partial charge is 0.358 e. The van der Waals surface area contributed by atoms with E-state index in [1.54, 1.807) is 0 Å². The van der Waals surface area contributed by atoms with E-state index in [9.17, 15) is 4.79 Å². The third-order valence-electron chi connectivity index (χ3n) is 2.92. The normalized spacial score (nSPS) is 12.3. The van der Waals surface area contributed by atoms with Gasteiger partial charge >= 0.3 is 5.97 Å². The summed E-state index contributed by atoms with van der Waals surface area (Å²) in [5.74, 6) is -1.08. The first-order valence-electron chi connectivity index (χ1n) is 6.19. The predicted molar refractivity (Wildman–Crippen MR) is 74.9 cm³/mol. The van der Waals surface area contributed by atoms with Crippen LogP contribution in [0.3, 0.4) is 0 Å². The van der Waals surface area contributed by atoms with Gasteiger partial charge in [0.2, 0.25) is 0 Å². The number of nitrogens with zero attached hydrogens (tertiary/aromatic N) is 3. The van der Waals surface area contributed by atoms with Crippen molar-refractivity contribution in [3.63, 3.8) is 0 Å². The van der Waals surface area contributed by atoms with Crippen LogP contribution >= 0.6 is 11.6 Å². The molecule has 0 bridgehead atoms. The zero-order valence-corrected chi connectivity index (χ0v) is 11.7. The highest BCUT2D eigenvalue weighted by atomic mass is 35.5. The second kappa shape index (κ2) is 6.49. The van der Waals surface area contributed by atoms with Crippen molar-refractivity contribution >= 4 is 17.6 Å². The van der Waals surface area contributed by atoms with E-state index in [1.807, 2.05) is 31.2 Å². The zero-order chi connectivity index (χ0) is 14.5. The van der Waals surface area contributed by atoms with Crippen LogP contribution in [0.1, 0.15) is 29.0 Å². The maximum atomic E-state index is 10.7. The van der Waals surface area contributed by atoms with Crippen molar-refractivity contribution in [2.24, 2.45) is 0 Å². The molecule has 0 unspecified atom stereocenters. The summed E-state index contributed by atoms with van der Waals surface area (Å²) in [6.45, 7) is 3.19. The molecule has 0 aliphatic carbocycles. The number of carboxylic acids is 1. The van der Waals surface area contributed by atoms with E-state index < -0.39 is 5.97 Å². The van der Waals surface area contributed by atoms with Gasteiger partial charge in [0.05, 0.1) is 12.7 Å². The molecular weight excluding hydrogens is 280 g/mol. The summed E-state index contributed by atoms with van der Waals surface area (Å²) in [5.41, 5.74) is 0.975. The van der Waals surface area contributed by atoms with Crippen LogP contribution < -0.4 is 5.32 Å². The number of halogens is 1. The van der Waals surface area contributed by atoms with E-state index in [0.717, 1.165) is 10.6 Å². The van der Waals surface area contributed by atoms with Crippen molar-refractivity contribution < 1.29 is 9.90 Å². The first kappa shape index (κ1) is 14.5. The number of carboxylic acid groups (broad SMARTS) is 1. The van der Waals surface area contributed by atoms with Gasteiger partial charge in [-0.15, -0.1) is 5.10 Å². The minimum Gasteiger partial charge on any atom is -0.476 e. The molecule has 106 valence electrons. The minimum absolute atomic E-state index is 0.0517. The van der Waals surface area contributed by atoms with Crippen LogP contribution in [0.25, 0.3) is 0 Å². The minimum atomic E-state index is -1.08. The third kappa shape index (κ3) is 3.55. The molecular formula is C13H15ClN4O2. The summed E-state index contributed by atoms with van der Waals surface area (Å²) in [7, 11) is 0. The molecule has 0 saturated heterocycles. The Balaban J connectivity index is 1.86. The number of aromatic nitrogens is 3. The second-order valence-corrected chi connectivity index (χ2v) is 4.78. The number of carbonyl (C=O) groups is 1. The van der Waals surface area contributed by atoms with Crippen LogP contribution in [0, 0.1) is 0 Å². The van der Waals surface area contributed by atoms with E-state index in [0.29, 0.717) is 13.1 Å². The molecule has 0 aliphatic rings. The van der Waals surface area contributed by atoms with Gasteiger partial charge in [-0.25, -0.2) is 4.79 Å². The molecule has 2 N–H and O–H groups in total. The van der Waals surface area contributed by atoms with E-state index in [2.05, 4.69) is 15.6 Å². The van der Waals surface area contributed by atoms with E-state index in [-0.39, 0.29) is 11.7 Å². The van der Waals surface area contributed by atoms with Crippen molar-refractivity contribution in [1.82, 2.24) is 20.3 Å². The maximum absolute atomic E-state index is 10.7. The lowest BCUT2D eigenvalue weighted by atomic mass is 10.1. The van der Waals surface area contributed by atoms with Gasteiger partial charge in [-0.2, -0.15) is 0 Å². The van der Waals surface area contributed by atoms with Gasteiger partial charge in [-0.05, 0) is 18.6 Å². The van der Waals surface area contributed by atoms with Gasteiger partial charge in [0.1, 0.15) is 0 Å². The molecule has 2 rings (SSSR count). The average molecular weight is 295 g/mol. The lowest BCUT2D eigenvalue weighted by molar-refractivity contribution is 0.0690. The fourth-order valence-corrected chi connectivity index (χ4v) is 2.14. The highest BCUT2D eigenvalue weighted by molar-refractivity contribution is 6.31. The first-order valence-corrected chi connectivity index (χ1v) is 6.57.